The molecule has 140 valence electrons. The number of ether oxygens (including phenoxy) is 1. The van der Waals surface area contributed by atoms with Gasteiger partial charge in [-0.2, -0.15) is 0 Å². The minimum atomic E-state index is -3.75. The lowest BCUT2D eigenvalue weighted by Crippen LogP contribution is -2.31. The zero-order valence-electron chi connectivity index (χ0n) is 14.2. The van der Waals surface area contributed by atoms with Crippen molar-refractivity contribution in [3.63, 3.8) is 0 Å². The van der Waals surface area contributed by atoms with Crippen LogP contribution in [-0.4, -0.2) is 45.0 Å². The van der Waals surface area contributed by atoms with Crippen LogP contribution >= 0.6 is 8.18 Å². The molecular weight excluding hydrogens is 371 g/mol. The van der Waals surface area contributed by atoms with Crippen molar-refractivity contribution in [2.24, 2.45) is 0 Å². The molecule has 0 aliphatic carbocycles. The maximum atomic E-state index is 12.5. The van der Waals surface area contributed by atoms with Crippen molar-refractivity contribution in [1.29, 1.82) is 0 Å². The molecule has 0 aliphatic heterocycles. The number of non-ortho nitro benzene ring substituents is 1. The molecule has 1 N–H and O–H groups in total. The molecule has 0 fully saturated rings. The van der Waals surface area contributed by atoms with Crippen molar-refractivity contribution in [3.05, 3.63) is 34.4 Å². The van der Waals surface area contributed by atoms with E-state index in [-0.39, 0.29) is 29.0 Å². The Labute approximate surface area is 147 Å². The second-order valence-electron chi connectivity index (χ2n) is 5.29. The minimum absolute atomic E-state index is 0.0474. The molecule has 0 radical (unpaired) electrons. The highest BCUT2D eigenvalue weighted by molar-refractivity contribution is 7.91. The third-order valence-electron chi connectivity index (χ3n) is 3.37. The van der Waals surface area contributed by atoms with Gasteiger partial charge in [0.15, 0.2) is 9.84 Å². The summed E-state index contributed by atoms with van der Waals surface area (Å²) in [5.74, 6) is -0.387. The Morgan fingerprint density at radius 2 is 1.92 bits per heavy atom. The van der Waals surface area contributed by atoms with Gasteiger partial charge in [-0.15, -0.1) is 4.52 Å². The summed E-state index contributed by atoms with van der Waals surface area (Å²) in [7, 11) is -4.40. The van der Waals surface area contributed by atoms with Gasteiger partial charge >= 0.3 is 8.18 Å². The van der Waals surface area contributed by atoms with Gasteiger partial charge in [-0.1, -0.05) is 12.0 Å². The van der Waals surface area contributed by atoms with Crippen molar-refractivity contribution in [2.45, 2.75) is 37.4 Å². The molecule has 1 rings (SSSR count). The number of hydrogen-bond donors (Lipinski definition) is 1. The topological polar surface area (TPSA) is 125 Å². The number of nitro groups is 1. The van der Waals surface area contributed by atoms with Crippen LogP contribution in [0.25, 0.3) is 0 Å². The molecule has 0 saturated carbocycles. The van der Waals surface area contributed by atoms with Gasteiger partial charge in [0.05, 0.1) is 21.7 Å². The SMILES string of the molecule is CC[C@H](C)O[C@H](CO[P+](=O)NC)CS(=O)(=O)c1ccc([N+](=O)[O-])cc1. The molecule has 25 heavy (non-hydrogen) atoms. The average Bonchev–Trinajstić information content (AvgIpc) is 2.58. The van der Waals surface area contributed by atoms with E-state index in [0.29, 0.717) is 6.42 Å². The van der Waals surface area contributed by atoms with Gasteiger partial charge < -0.3 is 4.74 Å². The van der Waals surface area contributed by atoms with Crippen LogP contribution in [0.2, 0.25) is 0 Å². The van der Waals surface area contributed by atoms with Crippen LogP contribution in [0, 0.1) is 10.1 Å². The summed E-state index contributed by atoms with van der Waals surface area (Å²) in [6, 6.07) is 4.63. The first-order chi connectivity index (χ1) is 11.7. The van der Waals surface area contributed by atoms with E-state index in [2.05, 4.69) is 5.09 Å². The first kappa shape index (κ1) is 21.6. The van der Waals surface area contributed by atoms with Crippen LogP contribution in [0.15, 0.2) is 29.2 Å². The quantitative estimate of drug-likeness (QED) is 0.345. The lowest BCUT2D eigenvalue weighted by Gasteiger charge is -2.19. The van der Waals surface area contributed by atoms with Crippen LogP contribution in [0.1, 0.15) is 20.3 Å². The first-order valence-corrected chi connectivity index (χ1v) is 10.4. The molecule has 0 spiro atoms. The van der Waals surface area contributed by atoms with E-state index in [1.165, 1.54) is 19.2 Å². The van der Waals surface area contributed by atoms with Crippen LogP contribution in [0.5, 0.6) is 0 Å². The van der Waals surface area contributed by atoms with Gasteiger partial charge in [0.2, 0.25) is 0 Å². The standard InChI is InChI=1S/C14H22N2O7PS/c1-4-11(2)23-13(9-22-24(19)15-3)10-25(20,21)14-7-5-12(6-8-14)16(17)18/h5-8,11,13H,4,9-10H2,1-3H3,(H,15,19)/q+1/t11-,13+/m0/s1. The maximum Gasteiger partial charge on any atom is 0.612 e. The lowest BCUT2D eigenvalue weighted by atomic mass is 10.3. The van der Waals surface area contributed by atoms with Crippen molar-refractivity contribution in [2.75, 3.05) is 19.4 Å². The number of benzene rings is 1. The van der Waals surface area contributed by atoms with Gasteiger partial charge in [0.25, 0.3) is 5.69 Å². The Kier molecular flexibility index (Phi) is 8.54. The Hall–Kier alpha value is -1.45. The molecule has 0 heterocycles. The fourth-order valence-corrected chi connectivity index (χ4v) is 3.72. The average molecular weight is 393 g/mol. The van der Waals surface area contributed by atoms with Crippen LogP contribution in [0.3, 0.4) is 0 Å². The number of nitro benzene ring substituents is 1. The zero-order valence-corrected chi connectivity index (χ0v) is 16.0. The van der Waals surface area contributed by atoms with Crippen molar-refractivity contribution >= 4 is 23.7 Å². The van der Waals surface area contributed by atoms with Gasteiger partial charge in [-0.3, -0.25) is 10.1 Å². The normalized spacial score (nSPS) is 14.8. The Bertz CT molecular complexity index is 694. The molecule has 0 amide bonds. The monoisotopic (exact) mass is 393 g/mol. The molecule has 0 bridgehead atoms. The predicted octanol–water partition coefficient (Wildman–Crippen LogP) is 2.45. The van der Waals surface area contributed by atoms with E-state index < -0.39 is 29.0 Å². The van der Waals surface area contributed by atoms with E-state index in [9.17, 15) is 23.1 Å². The summed E-state index contributed by atoms with van der Waals surface area (Å²) in [6.45, 7) is 3.53. The summed E-state index contributed by atoms with van der Waals surface area (Å²) in [5, 5.41) is 13.1. The van der Waals surface area contributed by atoms with E-state index in [1.807, 2.05) is 6.92 Å². The fraction of sp³-hybridized carbons (Fsp3) is 0.571. The van der Waals surface area contributed by atoms with E-state index in [0.717, 1.165) is 12.1 Å². The summed E-state index contributed by atoms with van der Waals surface area (Å²) in [6.07, 6.45) is -0.345. The maximum absolute atomic E-state index is 12.5. The van der Waals surface area contributed by atoms with E-state index in [4.69, 9.17) is 9.26 Å². The second kappa shape index (κ2) is 9.88. The van der Waals surface area contributed by atoms with Crippen molar-refractivity contribution in [1.82, 2.24) is 5.09 Å². The molecule has 1 aromatic carbocycles. The molecule has 0 saturated heterocycles. The van der Waals surface area contributed by atoms with Gasteiger partial charge in [0.1, 0.15) is 12.7 Å². The molecule has 11 heteroatoms. The number of nitrogens with zero attached hydrogens (tertiary/aromatic N) is 1. The van der Waals surface area contributed by atoms with Gasteiger partial charge in [-0.25, -0.2) is 8.42 Å². The van der Waals surface area contributed by atoms with Crippen molar-refractivity contribution in [3.8, 4) is 0 Å². The van der Waals surface area contributed by atoms with E-state index in [1.54, 1.807) is 6.92 Å². The molecule has 3 atom stereocenters. The zero-order chi connectivity index (χ0) is 19.0. The molecular formula is C14H22N2O7PS+. The van der Waals surface area contributed by atoms with Crippen LogP contribution in [-0.2, 0) is 23.7 Å². The number of rotatable bonds is 11. The molecule has 9 nitrogen and oxygen atoms in total. The minimum Gasteiger partial charge on any atom is -0.372 e. The summed E-state index contributed by atoms with van der Waals surface area (Å²) in [5.41, 5.74) is -0.194. The van der Waals surface area contributed by atoms with Crippen molar-refractivity contribution < 1.29 is 27.2 Å². The largest absolute Gasteiger partial charge is 0.612 e. The number of sulfone groups is 1. The number of hydrogen-bond acceptors (Lipinski definition) is 7. The van der Waals surface area contributed by atoms with Crippen LogP contribution < -0.4 is 5.09 Å². The molecule has 0 aromatic heterocycles. The highest BCUT2D eigenvalue weighted by atomic mass is 32.2. The molecule has 0 aliphatic rings. The first-order valence-electron chi connectivity index (χ1n) is 7.59. The second-order valence-corrected chi connectivity index (χ2v) is 8.54. The van der Waals surface area contributed by atoms with Gasteiger partial charge in [-0.05, 0) is 30.0 Å². The predicted molar refractivity (Wildman–Crippen MR) is 92.4 cm³/mol. The smallest absolute Gasteiger partial charge is 0.372 e. The Morgan fingerprint density at radius 3 is 2.40 bits per heavy atom. The van der Waals surface area contributed by atoms with Crippen LogP contribution in [0.4, 0.5) is 5.69 Å². The third-order valence-corrected chi connectivity index (χ3v) is 5.92. The van der Waals surface area contributed by atoms with Gasteiger partial charge in [0, 0.05) is 19.2 Å². The summed E-state index contributed by atoms with van der Waals surface area (Å²) in [4.78, 5) is 10.0. The Morgan fingerprint density at radius 1 is 1.32 bits per heavy atom. The highest BCUT2D eigenvalue weighted by Gasteiger charge is 2.27. The summed E-state index contributed by atoms with van der Waals surface area (Å²) < 4.78 is 47.1. The Balaban J connectivity index is 2.91. The molecule has 1 aromatic rings. The number of nitrogens with one attached hydrogen (secondary N) is 1. The highest BCUT2D eigenvalue weighted by Crippen LogP contribution is 2.21. The fourth-order valence-electron chi connectivity index (χ4n) is 1.88. The van der Waals surface area contributed by atoms with E-state index >= 15 is 0 Å². The lowest BCUT2D eigenvalue weighted by molar-refractivity contribution is -0.384. The third kappa shape index (κ3) is 7.13. The molecule has 1 unspecified atom stereocenters. The summed E-state index contributed by atoms with van der Waals surface area (Å²) >= 11 is 0.